The number of aromatic amines is 1. The van der Waals surface area contributed by atoms with Crippen molar-refractivity contribution in [2.45, 2.75) is 19.3 Å². The van der Waals surface area contributed by atoms with E-state index in [4.69, 9.17) is 0 Å². The van der Waals surface area contributed by atoms with Gasteiger partial charge in [0.05, 0.1) is 10.9 Å². The number of carbonyl (C=O) groups is 1. The monoisotopic (exact) mass is 361 g/mol. The van der Waals surface area contributed by atoms with E-state index in [9.17, 15) is 9.59 Å². The van der Waals surface area contributed by atoms with Crippen LogP contribution in [0.4, 0.5) is 0 Å². The average Bonchev–Trinajstić information content (AvgIpc) is 2.70. The van der Waals surface area contributed by atoms with Gasteiger partial charge in [0.25, 0.3) is 5.56 Å². The Bertz CT molecular complexity index is 980. The summed E-state index contributed by atoms with van der Waals surface area (Å²) in [6.45, 7) is 4.89. The van der Waals surface area contributed by atoms with E-state index in [1.54, 1.807) is 23.1 Å². The Morgan fingerprint density at radius 2 is 1.81 bits per heavy atom. The summed E-state index contributed by atoms with van der Waals surface area (Å²) in [5.74, 6) is 0.565. The van der Waals surface area contributed by atoms with Crippen molar-refractivity contribution in [2.75, 3.05) is 13.1 Å². The van der Waals surface area contributed by atoms with Gasteiger partial charge < -0.3 is 9.88 Å². The highest BCUT2D eigenvalue weighted by molar-refractivity contribution is 5.78. The number of amides is 1. The maximum Gasteiger partial charge on any atom is 0.258 e. The lowest BCUT2D eigenvalue weighted by atomic mass is 10.1. The van der Waals surface area contributed by atoms with Gasteiger partial charge >= 0.3 is 0 Å². The minimum Gasteiger partial charge on any atom is -0.339 e. The molecule has 3 rings (SSSR count). The van der Waals surface area contributed by atoms with Crippen molar-refractivity contribution in [3.8, 4) is 0 Å². The number of H-pyrrole nitrogens is 1. The topological polar surface area (TPSA) is 66.1 Å². The van der Waals surface area contributed by atoms with Crippen molar-refractivity contribution in [1.82, 2.24) is 14.9 Å². The molecule has 27 heavy (non-hydrogen) atoms. The number of para-hydroxylation sites is 1. The number of nitrogens with one attached hydrogen (secondary N) is 1. The number of nitrogens with zero attached hydrogens (tertiary/aromatic N) is 2. The van der Waals surface area contributed by atoms with Crippen LogP contribution in [0.5, 0.6) is 0 Å². The van der Waals surface area contributed by atoms with E-state index < -0.39 is 0 Å². The Labute approximate surface area is 158 Å². The maximum absolute atomic E-state index is 12.6. The first-order valence-electron chi connectivity index (χ1n) is 9.08. The standard InChI is InChI=1S/C22H23N3O2/c1-2-15-25(16-14-17-8-4-3-5-9-17)21(26)13-12-20-23-19-11-7-6-10-18(19)22(27)24-20/h2-11H,1,12-16H2,(H,23,24,27). The van der Waals surface area contributed by atoms with Crippen molar-refractivity contribution >= 4 is 16.8 Å². The highest BCUT2D eigenvalue weighted by Crippen LogP contribution is 2.08. The second-order valence-electron chi connectivity index (χ2n) is 6.39. The molecule has 0 fully saturated rings. The number of fused-ring (bicyclic) bond motifs is 1. The van der Waals surface area contributed by atoms with E-state index in [0.29, 0.717) is 42.7 Å². The SMILES string of the molecule is C=CCN(CCc1ccccc1)C(=O)CCc1nc2ccccc2c(=O)[nH]1. The van der Waals surface area contributed by atoms with Crippen LogP contribution in [0.25, 0.3) is 10.9 Å². The Hall–Kier alpha value is -3.21. The van der Waals surface area contributed by atoms with Gasteiger partial charge in [-0.15, -0.1) is 6.58 Å². The maximum atomic E-state index is 12.6. The first-order valence-corrected chi connectivity index (χ1v) is 9.08. The van der Waals surface area contributed by atoms with Gasteiger partial charge in [-0.05, 0) is 24.1 Å². The fraction of sp³-hybridized carbons (Fsp3) is 0.227. The van der Waals surface area contributed by atoms with Crippen LogP contribution in [-0.2, 0) is 17.6 Å². The number of hydrogen-bond donors (Lipinski definition) is 1. The summed E-state index contributed by atoms with van der Waals surface area (Å²) in [5.41, 5.74) is 1.67. The first-order chi connectivity index (χ1) is 13.2. The Kier molecular flexibility index (Phi) is 6.15. The third-order valence-electron chi connectivity index (χ3n) is 4.45. The third kappa shape index (κ3) is 4.91. The lowest BCUT2D eigenvalue weighted by molar-refractivity contribution is -0.130. The highest BCUT2D eigenvalue weighted by atomic mass is 16.2. The van der Waals surface area contributed by atoms with Crippen molar-refractivity contribution in [3.63, 3.8) is 0 Å². The minimum absolute atomic E-state index is 0.0293. The molecule has 0 saturated carbocycles. The largest absolute Gasteiger partial charge is 0.339 e. The van der Waals surface area contributed by atoms with E-state index in [0.717, 1.165) is 6.42 Å². The third-order valence-corrected chi connectivity index (χ3v) is 4.45. The summed E-state index contributed by atoms with van der Waals surface area (Å²) < 4.78 is 0. The van der Waals surface area contributed by atoms with Gasteiger partial charge in [-0.1, -0.05) is 48.5 Å². The number of rotatable bonds is 8. The van der Waals surface area contributed by atoms with Crippen LogP contribution in [0.2, 0.25) is 0 Å². The van der Waals surface area contributed by atoms with Gasteiger partial charge in [-0.3, -0.25) is 9.59 Å². The van der Waals surface area contributed by atoms with E-state index in [-0.39, 0.29) is 11.5 Å². The molecule has 1 N–H and O–H groups in total. The predicted octanol–water partition coefficient (Wildman–Crippen LogP) is 3.11. The first kappa shape index (κ1) is 18.6. The molecule has 0 radical (unpaired) electrons. The number of aryl methyl sites for hydroxylation is 1. The molecule has 1 heterocycles. The summed E-state index contributed by atoms with van der Waals surface area (Å²) in [4.78, 5) is 33.8. The lowest BCUT2D eigenvalue weighted by Crippen LogP contribution is -2.33. The second kappa shape index (κ2) is 8.94. The lowest BCUT2D eigenvalue weighted by Gasteiger charge is -2.21. The van der Waals surface area contributed by atoms with Gasteiger partial charge in [-0.2, -0.15) is 0 Å². The number of benzene rings is 2. The van der Waals surface area contributed by atoms with Crippen LogP contribution in [0.1, 0.15) is 17.8 Å². The molecule has 5 nitrogen and oxygen atoms in total. The molecular formula is C22H23N3O2. The summed E-state index contributed by atoms with van der Waals surface area (Å²) in [5, 5.41) is 0.559. The minimum atomic E-state index is -0.171. The molecule has 0 saturated heterocycles. The van der Waals surface area contributed by atoms with Crippen molar-refractivity contribution in [1.29, 1.82) is 0 Å². The number of aromatic nitrogens is 2. The molecule has 0 unspecified atom stereocenters. The molecule has 0 aliphatic heterocycles. The van der Waals surface area contributed by atoms with E-state index >= 15 is 0 Å². The molecule has 0 spiro atoms. The van der Waals surface area contributed by atoms with Crippen LogP contribution in [0.3, 0.4) is 0 Å². The molecule has 1 amide bonds. The fourth-order valence-corrected chi connectivity index (χ4v) is 3.02. The molecular weight excluding hydrogens is 338 g/mol. The van der Waals surface area contributed by atoms with Crippen LogP contribution in [0.15, 0.2) is 72.0 Å². The molecule has 138 valence electrons. The zero-order chi connectivity index (χ0) is 19.1. The number of hydrogen-bond acceptors (Lipinski definition) is 3. The van der Waals surface area contributed by atoms with Crippen molar-refractivity contribution in [2.24, 2.45) is 0 Å². The van der Waals surface area contributed by atoms with E-state index in [1.807, 2.05) is 30.3 Å². The van der Waals surface area contributed by atoms with Gasteiger partial charge in [0, 0.05) is 25.9 Å². The molecule has 0 atom stereocenters. The van der Waals surface area contributed by atoms with Gasteiger partial charge in [0.2, 0.25) is 5.91 Å². The zero-order valence-electron chi connectivity index (χ0n) is 15.2. The van der Waals surface area contributed by atoms with Crippen LogP contribution < -0.4 is 5.56 Å². The Morgan fingerprint density at radius 3 is 2.59 bits per heavy atom. The van der Waals surface area contributed by atoms with Gasteiger partial charge in [0.15, 0.2) is 0 Å². The molecule has 5 heteroatoms. The van der Waals surface area contributed by atoms with Crippen LogP contribution in [-0.4, -0.2) is 33.9 Å². The average molecular weight is 361 g/mol. The summed E-state index contributed by atoms with van der Waals surface area (Å²) >= 11 is 0. The molecule has 1 aromatic heterocycles. The van der Waals surface area contributed by atoms with Gasteiger partial charge in [-0.25, -0.2) is 4.98 Å². The summed E-state index contributed by atoms with van der Waals surface area (Å²) in [6.07, 6.45) is 3.23. The van der Waals surface area contributed by atoms with Crippen molar-refractivity contribution in [3.05, 3.63) is 89.0 Å². The number of carbonyl (C=O) groups excluding carboxylic acids is 1. The van der Waals surface area contributed by atoms with Crippen LogP contribution >= 0.6 is 0 Å². The molecule has 0 aliphatic rings. The summed E-state index contributed by atoms with van der Waals surface area (Å²) in [6, 6.07) is 17.3. The summed E-state index contributed by atoms with van der Waals surface area (Å²) in [7, 11) is 0. The van der Waals surface area contributed by atoms with E-state index in [1.165, 1.54) is 5.56 Å². The smallest absolute Gasteiger partial charge is 0.258 e. The molecule has 3 aromatic rings. The van der Waals surface area contributed by atoms with Gasteiger partial charge in [0.1, 0.15) is 5.82 Å². The van der Waals surface area contributed by atoms with Crippen molar-refractivity contribution < 1.29 is 4.79 Å². The molecule has 0 bridgehead atoms. The predicted molar refractivity (Wildman–Crippen MR) is 108 cm³/mol. The fourth-order valence-electron chi connectivity index (χ4n) is 3.02. The Balaban J connectivity index is 1.63. The highest BCUT2D eigenvalue weighted by Gasteiger charge is 2.13. The quantitative estimate of drug-likeness (QED) is 0.627. The van der Waals surface area contributed by atoms with E-state index in [2.05, 4.69) is 28.7 Å². The normalized spacial score (nSPS) is 10.7. The molecule has 0 aliphatic carbocycles. The Morgan fingerprint density at radius 1 is 1.07 bits per heavy atom. The van der Waals surface area contributed by atoms with Crippen LogP contribution in [0, 0.1) is 0 Å². The second-order valence-corrected chi connectivity index (χ2v) is 6.39. The molecule has 2 aromatic carbocycles. The zero-order valence-corrected chi connectivity index (χ0v) is 15.2.